The molecule has 7 N–H and O–H groups in total. The first-order chi connectivity index (χ1) is 33.6. The highest BCUT2D eigenvalue weighted by atomic mass is 16.4. The summed E-state index contributed by atoms with van der Waals surface area (Å²) < 4.78 is 0. The van der Waals surface area contributed by atoms with Crippen LogP contribution in [0.15, 0.2) is 33.9 Å². The summed E-state index contributed by atoms with van der Waals surface area (Å²) in [6, 6.07) is -0.247. The van der Waals surface area contributed by atoms with Gasteiger partial charge in [-0.1, -0.05) is 79.4 Å². The van der Waals surface area contributed by atoms with Crippen molar-refractivity contribution in [2.75, 3.05) is 0 Å². The average Bonchev–Trinajstić information content (AvgIpc) is 4.06. The van der Waals surface area contributed by atoms with Gasteiger partial charge in [0.15, 0.2) is 0 Å². The zero-order chi connectivity index (χ0) is 51.7. The molecule has 2 aliphatic heterocycles. The number of rotatable bonds is 19. The first-order valence-electron chi connectivity index (χ1n) is 27.8. The predicted molar refractivity (Wildman–Crippen MR) is 282 cm³/mol. The van der Waals surface area contributed by atoms with Crippen LogP contribution in [0.2, 0.25) is 0 Å². The molecule has 2 unspecified atom stereocenters. The number of carboxylic acids is 2. The molecule has 8 rings (SSSR count). The molecule has 6 aliphatic rings. The summed E-state index contributed by atoms with van der Waals surface area (Å²) in [7, 11) is 0. The standard InChI is InChI=1S/C33H44N4O6.C27H46O/c1-7-20-19(6)32(42)37-27(20)14-25-18(5)23(10-12-31(40)41)29(35-25)15-28-22(9-11-30(38)39)17(4)24(34-28)13-26-16(3)21(8-2)33(43)36-26;1-18(2)7-6-8-19(3)23-11-12-24-22-10-9-20-17-21(28)13-15-26(20,4)25(22)14-16-27(23,24)5/h26-27,34-35H,7-15H2,1-6H3,(H,36,43)(H,37,42)(H,38,39)(H,40,41);9,18-19,21-25,28H,6-8,10-17H2,1-5H3/t;19-,21+,22+,23-,24+,25+,26+,27-/m.1/s1. The third kappa shape index (κ3) is 11.3. The Balaban J connectivity index is 0.000000228. The number of aliphatic hydroxyl groups is 1. The molecule has 0 radical (unpaired) electrons. The van der Waals surface area contributed by atoms with Gasteiger partial charge in [-0.2, -0.15) is 0 Å². The number of aliphatic carboxylic acids is 2. The van der Waals surface area contributed by atoms with Gasteiger partial charge in [-0.25, -0.2) is 0 Å². The minimum atomic E-state index is -0.878. The maximum Gasteiger partial charge on any atom is 0.303 e. The summed E-state index contributed by atoms with van der Waals surface area (Å²) >= 11 is 0. The summed E-state index contributed by atoms with van der Waals surface area (Å²) in [6.45, 7) is 24.4. The summed E-state index contributed by atoms with van der Waals surface area (Å²) in [4.78, 5) is 55.1. The smallest absolute Gasteiger partial charge is 0.303 e. The fourth-order valence-electron chi connectivity index (χ4n) is 15.5. The number of aromatic amines is 2. The zero-order valence-electron chi connectivity index (χ0n) is 45.4. The number of carbonyl (C=O) groups excluding carboxylic acids is 2. The molecule has 4 heterocycles. The van der Waals surface area contributed by atoms with Gasteiger partial charge in [-0.3, -0.25) is 19.2 Å². The first kappa shape index (κ1) is 54.4. The lowest BCUT2D eigenvalue weighted by atomic mass is 9.47. The van der Waals surface area contributed by atoms with E-state index >= 15 is 0 Å². The lowest BCUT2D eigenvalue weighted by molar-refractivity contribution is -0.138. The van der Waals surface area contributed by atoms with Crippen LogP contribution in [0.3, 0.4) is 0 Å². The van der Waals surface area contributed by atoms with Crippen molar-refractivity contribution >= 4 is 23.8 Å². The monoisotopic (exact) mass is 979 g/mol. The molecule has 3 saturated carbocycles. The second-order valence-corrected chi connectivity index (χ2v) is 24.0. The minimum Gasteiger partial charge on any atom is -0.481 e. The molecule has 0 spiro atoms. The topological polar surface area (TPSA) is 185 Å². The fourth-order valence-corrected chi connectivity index (χ4v) is 15.5. The number of aromatic nitrogens is 2. The van der Waals surface area contributed by atoms with E-state index < -0.39 is 11.9 Å². The third-order valence-corrected chi connectivity index (χ3v) is 19.6. The fraction of sp³-hybridized carbons (Fsp3) is 0.700. The average molecular weight is 979 g/mol. The van der Waals surface area contributed by atoms with Crippen molar-refractivity contribution in [3.05, 3.63) is 79.0 Å². The van der Waals surface area contributed by atoms with Crippen molar-refractivity contribution in [1.82, 2.24) is 20.6 Å². The van der Waals surface area contributed by atoms with Gasteiger partial charge < -0.3 is 35.9 Å². The quantitative estimate of drug-likeness (QED) is 0.0683. The number of allylic oxidation sites excluding steroid dienone is 1. The van der Waals surface area contributed by atoms with Crippen molar-refractivity contribution in [3.8, 4) is 0 Å². The molecule has 71 heavy (non-hydrogen) atoms. The molecule has 4 aliphatic carbocycles. The Bertz CT molecular complexity index is 2410. The zero-order valence-corrected chi connectivity index (χ0v) is 45.4. The number of hydrogen-bond donors (Lipinski definition) is 7. The van der Waals surface area contributed by atoms with Crippen LogP contribution in [0.4, 0.5) is 0 Å². The van der Waals surface area contributed by atoms with E-state index in [4.69, 9.17) is 0 Å². The van der Waals surface area contributed by atoms with E-state index in [1.165, 1.54) is 57.8 Å². The summed E-state index contributed by atoms with van der Waals surface area (Å²) in [5.41, 5.74) is 13.8. The largest absolute Gasteiger partial charge is 0.481 e. The van der Waals surface area contributed by atoms with E-state index in [0.29, 0.717) is 49.4 Å². The molecule has 0 saturated heterocycles. The van der Waals surface area contributed by atoms with Crippen molar-refractivity contribution in [2.45, 2.75) is 223 Å². The SMILES string of the molecule is CC(C)CCC[C@@H](C)[C@H]1CC[C@H]2[C@@H]3CC=C4C[C@@H](O)CC[C@]4(C)[C@H]3CC[C@]12C.CCC1=C(C)C(Cc2[nH]c(Cc3[nH]c(CC4NC(=O)C(C)=C4CC)c(C)c3CCC(=O)O)c(CCC(=O)O)c2C)NC1=O. The maximum atomic E-state index is 12.5. The molecule has 11 nitrogen and oxygen atoms in total. The molecule has 2 aromatic rings. The second-order valence-electron chi connectivity index (χ2n) is 24.0. The molecule has 11 heteroatoms. The molecule has 2 amide bonds. The summed E-state index contributed by atoms with van der Waals surface area (Å²) in [6.07, 6.45) is 20.9. The highest BCUT2D eigenvalue weighted by Gasteiger charge is 2.59. The highest BCUT2D eigenvalue weighted by molar-refractivity contribution is 5.97. The lowest BCUT2D eigenvalue weighted by Crippen LogP contribution is -2.50. The Morgan fingerprint density at radius 3 is 1.92 bits per heavy atom. The van der Waals surface area contributed by atoms with Gasteiger partial charge in [0, 0.05) is 66.0 Å². The molecule has 2 aromatic heterocycles. The van der Waals surface area contributed by atoms with Gasteiger partial charge in [-0.15, -0.1) is 0 Å². The van der Waals surface area contributed by atoms with Crippen LogP contribution in [0.25, 0.3) is 0 Å². The van der Waals surface area contributed by atoms with E-state index in [1.54, 1.807) is 5.57 Å². The van der Waals surface area contributed by atoms with Crippen LogP contribution in [-0.2, 0) is 51.3 Å². The van der Waals surface area contributed by atoms with Crippen LogP contribution in [0.1, 0.15) is 204 Å². The second kappa shape index (κ2) is 22.4. The molecular weight excluding hydrogens is 889 g/mol. The predicted octanol–water partition coefficient (Wildman–Crippen LogP) is 11.5. The summed E-state index contributed by atoms with van der Waals surface area (Å²) in [5, 5.41) is 35.3. The van der Waals surface area contributed by atoms with E-state index in [1.807, 2.05) is 41.5 Å². The van der Waals surface area contributed by atoms with Crippen molar-refractivity contribution < 1.29 is 34.5 Å². The van der Waals surface area contributed by atoms with Gasteiger partial charge in [0.25, 0.3) is 0 Å². The van der Waals surface area contributed by atoms with Gasteiger partial charge in [0.1, 0.15) is 0 Å². The molecule has 0 bridgehead atoms. The molecule has 392 valence electrons. The number of carboxylic acid groups (broad SMARTS) is 2. The maximum absolute atomic E-state index is 12.5. The number of aliphatic hydroxyl groups excluding tert-OH is 1. The molecule has 10 atom stereocenters. The normalized spacial score (nSPS) is 29.6. The van der Waals surface area contributed by atoms with Crippen LogP contribution in [0, 0.1) is 60.2 Å². The molecular formula is C60H90N4O7. The van der Waals surface area contributed by atoms with E-state index in [2.05, 4.69) is 61.3 Å². The van der Waals surface area contributed by atoms with Crippen molar-refractivity contribution in [3.63, 3.8) is 0 Å². The first-order valence-corrected chi connectivity index (χ1v) is 27.8. The Hall–Kier alpha value is -4.38. The van der Waals surface area contributed by atoms with Gasteiger partial charge in [-0.05, 0) is 184 Å². The van der Waals surface area contributed by atoms with Crippen LogP contribution >= 0.6 is 0 Å². The van der Waals surface area contributed by atoms with Crippen LogP contribution in [0.5, 0.6) is 0 Å². The Morgan fingerprint density at radius 2 is 1.35 bits per heavy atom. The lowest BCUT2D eigenvalue weighted by Gasteiger charge is -2.58. The van der Waals surface area contributed by atoms with Gasteiger partial charge >= 0.3 is 11.9 Å². The molecule has 0 aromatic carbocycles. The number of amides is 2. The number of carbonyl (C=O) groups is 4. The third-order valence-electron chi connectivity index (χ3n) is 19.6. The van der Waals surface area contributed by atoms with Crippen LogP contribution < -0.4 is 10.6 Å². The number of nitrogens with one attached hydrogen (secondary N) is 4. The minimum absolute atomic E-state index is 0.0157. The van der Waals surface area contributed by atoms with E-state index in [9.17, 15) is 34.5 Å². The van der Waals surface area contributed by atoms with E-state index in [-0.39, 0.29) is 42.8 Å². The van der Waals surface area contributed by atoms with Crippen molar-refractivity contribution in [2.24, 2.45) is 46.3 Å². The number of hydrogen-bond acceptors (Lipinski definition) is 5. The Labute approximate surface area is 425 Å². The Kier molecular flexibility index (Phi) is 17.2. The number of fused-ring (bicyclic) bond motifs is 5. The van der Waals surface area contributed by atoms with E-state index in [0.717, 1.165) is 122 Å². The molecule has 3 fully saturated rings. The summed E-state index contributed by atoms with van der Waals surface area (Å²) in [5.74, 6) is 3.61. The van der Waals surface area contributed by atoms with Crippen molar-refractivity contribution in [1.29, 1.82) is 0 Å². The van der Waals surface area contributed by atoms with Gasteiger partial charge in [0.2, 0.25) is 11.8 Å². The number of H-pyrrole nitrogens is 2. The highest BCUT2D eigenvalue weighted by Crippen LogP contribution is 2.67. The van der Waals surface area contributed by atoms with Gasteiger partial charge in [0.05, 0.1) is 18.2 Å². The Morgan fingerprint density at radius 1 is 0.746 bits per heavy atom. The van der Waals surface area contributed by atoms with Crippen LogP contribution in [-0.4, -0.2) is 67.2 Å².